The van der Waals surface area contributed by atoms with Crippen molar-refractivity contribution in [3.05, 3.63) is 33.9 Å². The van der Waals surface area contributed by atoms with E-state index < -0.39 is 4.92 Å². The Morgan fingerprint density at radius 3 is 2.70 bits per heavy atom. The smallest absolute Gasteiger partial charge is 0.333 e. The van der Waals surface area contributed by atoms with Gasteiger partial charge in [-0.15, -0.1) is 0 Å². The molecule has 1 saturated heterocycles. The summed E-state index contributed by atoms with van der Waals surface area (Å²) >= 11 is 0. The number of morpholine rings is 1. The molecule has 108 valence electrons. The zero-order valence-corrected chi connectivity index (χ0v) is 11.1. The predicted octanol–water partition coefficient (Wildman–Crippen LogP) is 1.27. The molecule has 0 saturated carbocycles. The lowest BCUT2D eigenvalue weighted by Gasteiger charge is -2.27. The third-order valence-corrected chi connectivity index (χ3v) is 2.94. The van der Waals surface area contributed by atoms with Gasteiger partial charge in [-0.3, -0.25) is 15.5 Å². The van der Waals surface area contributed by atoms with E-state index in [0.717, 1.165) is 0 Å². The first-order valence-corrected chi connectivity index (χ1v) is 6.21. The van der Waals surface area contributed by atoms with E-state index >= 15 is 0 Å². The van der Waals surface area contributed by atoms with Crippen LogP contribution in [-0.2, 0) is 4.74 Å². The van der Waals surface area contributed by atoms with Crippen molar-refractivity contribution in [1.29, 1.82) is 0 Å². The number of urea groups is 1. The van der Waals surface area contributed by atoms with E-state index in [-0.39, 0.29) is 11.7 Å². The summed E-state index contributed by atoms with van der Waals surface area (Å²) in [7, 11) is 0. The van der Waals surface area contributed by atoms with Crippen molar-refractivity contribution in [2.45, 2.75) is 6.92 Å². The Morgan fingerprint density at radius 2 is 2.10 bits per heavy atom. The Morgan fingerprint density at radius 1 is 1.40 bits per heavy atom. The number of amides is 2. The fourth-order valence-corrected chi connectivity index (χ4v) is 1.87. The first-order valence-electron chi connectivity index (χ1n) is 6.21. The summed E-state index contributed by atoms with van der Waals surface area (Å²) in [6, 6.07) is 3.93. The molecule has 0 atom stereocenters. The first-order chi connectivity index (χ1) is 9.56. The van der Waals surface area contributed by atoms with Crippen molar-refractivity contribution in [1.82, 2.24) is 10.4 Å². The van der Waals surface area contributed by atoms with E-state index in [2.05, 4.69) is 10.7 Å². The van der Waals surface area contributed by atoms with Crippen molar-refractivity contribution in [3.8, 4) is 0 Å². The molecule has 1 aromatic carbocycles. The van der Waals surface area contributed by atoms with Gasteiger partial charge in [-0.25, -0.2) is 9.80 Å². The molecule has 1 fully saturated rings. The van der Waals surface area contributed by atoms with Gasteiger partial charge in [0, 0.05) is 30.9 Å². The molecule has 1 heterocycles. The van der Waals surface area contributed by atoms with Crippen LogP contribution in [0.2, 0.25) is 0 Å². The number of nitrogens with one attached hydrogen (secondary N) is 2. The Kier molecular flexibility index (Phi) is 4.49. The highest BCUT2D eigenvalue weighted by Gasteiger charge is 2.14. The number of hydrogen-bond donors (Lipinski definition) is 2. The van der Waals surface area contributed by atoms with Crippen LogP contribution in [0.5, 0.6) is 0 Å². The largest absolute Gasteiger partial charge is 0.379 e. The average Bonchev–Trinajstić information content (AvgIpc) is 2.42. The van der Waals surface area contributed by atoms with Crippen LogP contribution in [0.25, 0.3) is 0 Å². The van der Waals surface area contributed by atoms with Crippen molar-refractivity contribution < 1.29 is 14.5 Å². The second-order valence-electron chi connectivity index (χ2n) is 4.42. The molecule has 20 heavy (non-hydrogen) atoms. The minimum atomic E-state index is -0.468. The highest BCUT2D eigenvalue weighted by molar-refractivity contribution is 5.89. The highest BCUT2D eigenvalue weighted by Crippen LogP contribution is 2.20. The summed E-state index contributed by atoms with van der Waals surface area (Å²) in [6.07, 6.45) is 0. The average molecular weight is 280 g/mol. The second-order valence-corrected chi connectivity index (χ2v) is 4.42. The number of nitro benzene ring substituents is 1. The molecule has 1 aromatic rings. The van der Waals surface area contributed by atoms with Gasteiger partial charge in [-0.1, -0.05) is 0 Å². The summed E-state index contributed by atoms with van der Waals surface area (Å²) in [6.45, 7) is 4.13. The number of ether oxygens (including phenoxy) is 1. The molecule has 0 aliphatic carbocycles. The maximum Gasteiger partial charge on any atom is 0.333 e. The first kappa shape index (κ1) is 14.2. The molecule has 1 aliphatic rings. The van der Waals surface area contributed by atoms with Gasteiger partial charge in [0.2, 0.25) is 0 Å². The van der Waals surface area contributed by atoms with E-state index in [1.807, 2.05) is 0 Å². The normalized spacial score (nSPS) is 15.7. The van der Waals surface area contributed by atoms with Gasteiger partial charge in [0.05, 0.1) is 18.1 Å². The second kappa shape index (κ2) is 6.31. The number of benzene rings is 1. The number of nitro groups is 1. The van der Waals surface area contributed by atoms with Crippen LogP contribution in [0.4, 0.5) is 16.2 Å². The fourth-order valence-electron chi connectivity index (χ4n) is 1.87. The molecular weight excluding hydrogens is 264 g/mol. The molecule has 8 heteroatoms. The van der Waals surface area contributed by atoms with Crippen LogP contribution in [-0.4, -0.2) is 42.3 Å². The monoisotopic (exact) mass is 280 g/mol. The van der Waals surface area contributed by atoms with Gasteiger partial charge in [0.1, 0.15) is 0 Å². The number of nitrogens with zero attached hydrogens (tertiary/aromatic N) is 2. The van der Waals surface area contributed by atoms with E-state index in [0.29, 0.717) is 37.6 Å². The van der Waals surface area contributed by atoms with Crippen LogP contribution in [0.1, 0.15) is 5.56 Å². The molecule has 8 nitrogen and oxygen atoms in total. The molecule has 0 unspecified atom stereocenters. The third-order valence-electron chi connectivity index (χ3n) is 2.94. The number of anilines is 1. The number of carbonyl (C=O) groups is 1. The van der Waals surface area contributed by atoms with Crippen LogP contribution in [0.15, 0.2) is 18.2 Å². The Hall–Kier alpha value is -2.19. The lowest BCUT2D eigenvalue weighted by molar-refractivity contribution is -0.384. The van der Waals surface area contributed by atoms with E-state index in [1.54, 1.807) is 11.9 Å². The van der Waals surface area contributed by atoms with Gasteiger partial charge in [-0.2, -0.15) is 0 Å². The SMILES string of the molecule is Cc1cc([N+](=O)[O-])ccc1NC(=O)NN1CCOCC1. The number of rotatable bonds is 3. The maximum atomic E-state index is 11.8. The van der Waals surface area contributed by atoms with E-state index in [9.17, 15) is 14.9 Å². The van der Waals surface area contributed by atoms with E-state index in [4.69, 9.17) is 4.74 Å². The lowest BCUT2D eigenvalue weighted by Crippen LogP contribution is -2.49. The Bertz CT molecular complexity index is 514. The van der Waals surface area contributed by atoms with Gasteiger partial charge >= 0.3 is 6.03 Å². The third kappa shape index (κ3) is 3.65. The number of hydrazine groups is 1. The number of aryl methyl sites for hydroxylation is 1. The molecule has 0 aromatic heterocycles. The van der Waals surface area contributed by atoms with Crippen LogP contribution < -0.4 is 10.7 Å². The molecule has 0 bridgehead atoms. The molecular formula is C12H16N4O4. The number of hydrogen-bond acceptors (Lipinski definition) is 5. The van der Waals surface area contributed by atoms with Crippen molar-refractivity contribution in [3.63, 3.8) is 0 Å². The zero-order valence-electron chi connectivity index (χ0n) is 11.1. The van der Waals surface area contributed by atoms with Gasteiger partial charge in [0.25, 0.3) is 5.69 Å². The molecule has 2 rings (SSSR count). The lowest BCUT2D eigenvalue weighted by atomic mass is 10.2. The van der Waals surface area contributed by atoms with Gasteiger partial charge in [-0.05, 0) is 18.6 Å². The minimum absolute atomic E-state index is 0.00152. The summed E-state index contributed by atoms with van der Waals surface area (Å²) in [5, 5.41) is 15.1. The van der Waals surface area contributed by atoms with Crippen molar-refractivity contribution in [2.75, 3.05) is 31.6 Å². The van der Waals surface area contributed by atoms with Crippen LogP contribution >= 0.6 is 0 Å². The summed E-state index contributed by atoms with van der Waals surface area (Å²) < 4.78 is 5.18. The standard InChI is InChI=1S/C12H16N4O4/c1-9-8-10(16(18)19)2-3-11(9)13-12(17)14-15-4-6-20-7-5-15/h2-3,8H,4-7H2,1H3,(H2,13,14,17). The molecule has 0 spiro atoms. The van der Waals surface area contributed by atoms with Gasteiger partial charge in [0.15, 0.2) is 0 Å². The van der Waals surface area contributed by atoms with Crippen LogP contribution in [0, 0.1) is 17.0 Å². The predicted molar refractivity (Wildman–Crippen MR) is 72.4 cm³/mol. The topological polar surface area (TPSA) is 96.7 Å². The van der Waals surface area contributed by atoms with Gasteiger partial charge < -0.3 is 10.1 Å². The quantitative estimate of drug-likeness (QED) is 0.642. The summed E-state index contributed by atoms with van der Waals surface area (Å²) in [4.78, 5) is 22.0. The van der Waals surface area contributed by atoms with Crippen LogP contribution in [0.3, 0.4) is 0 Å². The molecule has 2 amide bonds. The summed E-state index contributed by atoms with van der Waals surface area (Å²) in [5.41, 5.74) is 3.88. The Balaban J connectivity index is 1.95. The molecule has 2 N–H and O–H groups in total. The fraction of sp³-hybridized carbons (Fsp3) is 0.417. The number of non-ortho nitro benzene ring substituents is 1. The zero-order chi connectivity index (χ0) is 14.5. The Labute approximate surface area is 115 Å². The van der Waals surface area contributed by atoms with E-state index in [1.165, 1.54) is 18.2 Å². The van der Waals surface area contributed by atoms with Crippen molar-refractivity contribution in [2.24, 2.45) is 0 Å². The molecule has 1 aliphatic heterocycles. The maximum absolute atomic E-state index is 11.8. The number of carbonyl (C=O) groups excluding carboxylic acids is 1. The molecule has 0 radical (unpaired) electrons. The summed E-state index contributed by atoms with van der Waals surface area (Å²) in [5.74, 6) is 0. The highest BCUT2D eigenvalue weighted by atomic mass is 16.6. The van der Waals surface area contributed by atoms with Crippen molar-refractivity contribution >= 4 is 17.4 Å². The minimum Gasteiger partial charge on any atom is -0.379 e.